The fourth-order valence-corrected chi connectivity index (χ4v) is 3.23. The minimum atomic E-state index is -0.0652. The molecule has 5 heteroatoms. The number of nitrogens with two attached hydrogens (primary N) is 1. The number of hydrogen-bond acceptors (Lipinski definition) is 4. The van der Waals surface area contributed by atoms with E-state index in [0.29, 0.717) is 11.5 Å². The molecule has 5 nitrogen and oxygen atoms in total. The van der Waals surface area contributed by atoms with Gasteiger partial charge in [-0.3, -0.25) is 5.10 Å². The Morgan fingerprint density at radius 1 is 1.25 bits per heavy atom. The number of H-pyrrole nitrogens is 1. The summed E-state index contributed by atoms with van der Waals surface area (Å²) in [4.78, 5) is 0. The van der Waals surface area contributed by atoms with Gasteiger partial charge in [0.15, 0.2) is 0 Å². The maximum Gasteiger partial charge on any atom is 0.244 e. The second kappa shape index (κ2) is 7.22. The Morgan fingerprint density at radius 3 is 2.75 bits per heavy atom. The van der Waals surface area contributed by atoms with Gasteiger partial charge in [0, 0.05) is 5.92 Å². The summed E-state index contributed by atoms with van der Waals surface area (Å²) < 4.78 is 5.59. The van der Waals surface area contributed by atoms with Crippen molar-refractivity contribution >= 4 is 0 Å². The number of allylic oxidation sites excluding steroid dienone is 1. The van der Waals surface area contributed by atoms with Crippen LogP contribution in [0.15, 0.2) is 41.8 Å². The van der Waals surface area contributed by atoms with Crippen LogP contribution < -0.4 is 10.5 Å². The molecule has 3 rings (SSSR count). The number of unbranched alkanes of at least 4 members (excludes halogenated alkanes) is 3. The van der Waals surface area contributed by atoms with Gasteiger partial charge >= 0.3 is 0 Å². The first-order valence-corrected chi connectivity index (χ1v) is 8.47. The van der Waals surface area contributed by atoms with Crippen molar-refractivity contribution in [2.45, 2.75) is 44.9 Å². The molecule has 1 aliphatic heterocycles. The highest BCUT2D eigenvalue weighted by Crippen LogP contribution is 2.44. The molecular weight excluding hydrogens is 300 g/mol. The van der Waals surface area contributed by atoms with Gasteiger partial charge in [-0.25, -0.2) is 0 Å². The zero-order valence-corrected chi connectivity index (χ0v) is 13.9. The zero-order valence-electron chi connectivity index (χ0n) is 13.9. The van der Waals surface area contributed by atoms with Gasteiger partial charge < -0.3 is 10.5 Å². The molecule has 124 valence electrons. The van der Waals surface area contributed by atoms with Crippen molar-refractivity contribution in [1.29, 1.82) is 5.26 Å². The van der Waals surface area contributed by atoms with E-state index in [-0.39, 0.29) is 11.8 Å². The highest BCUT2D eigenvalue weighted by molar-refractivity contribution is 5.68. The first-order valence-electron chi connectivity index (χ1n) is 8.47. The third kappa shape index (κ3) is 3.00. The molecule has 0 spiro atoms. The second-order valence-corrected chi connectivity index (χ2v) is 6.08. The van der Waals surface area contributed by atoms with E-state index >= 15 is 0 Å². The summed E-state index contributed by atoms with van der Waals surface area (Å²) in [6.45, 7) is 2.19. The number of aromatic nitrogens is 2. The average Bonchev–Trinajstić information content (AvgIpc) is 3.02. The van der Waals surface area contributed by atoms with Crippen LogP contribution in [0.2, 0.25) is 0 Å². The molecule has 1 aromatic heterocycles. The average molecular weight is 322 g/mol. The van der Waals surface area contributed by atoms with Gasteiger partial charge in [-0.2, -0.15) is 5.26 Å². The Labute approximate surface area is 142 Å². The molecule has 1 aromatic carbocycles. The maximum absolute atomic E-state index is 9.56. The SMILES string of the molecule is CCCCCC[C@H]1C(C#N)=C(N)Oc2n[nH]c(-c3ccccc3)c21. The zero-order chi connectivity index (χ0) is 16.9. The van der Waals surface area contributed by atoms with Gasteiger partial charge in [0.25, 0.3) is 0 Å². The van der Waals surface area contributed by atoms with E-state index in [9.17, 15) is 5.26 Å². The van der Waals surface area contributed by atoms with E-state index in [1.54, 1.807) is 0 Å². The van der Waals surface area contributed by atoms with Crippen molar-refractivity contribution in [1.82, 2.24) is 10.2 Å². The van der Waals surface area contributed by atoms with Crippen molar-refractivity contribution in [2.24, 2.45) is 5.73 Å². The molecule has 1 aliphatic rings. The second-order valence-electron chi connectivity index (χ2n) is 6.08. The van der Waals surface area contributed by atoms with Crippen molar-refractivity contribution < 1.29 is 4.74 Å². The molecular formula is C19H22N4O. The highest BCUT2D eigenvalue weighted by Gasteiger charge is 2.33. The van der Waals surface area contributed by atoms with Gasteiger partial charge in [-0.1, -0.05) is 62.9 Å². The number of nitrogens with one attached hydrogen (secondary N) is 1. The van der Waals surface area contributed by atoms with E-state index in [1.165, 1.54) is 12.8 Å². The Kier molecular flexibility index (Phi) is 4.85. The van der Waals surface area contributed by atoms with Gasteiger partial charge in [0.2, 0.25) is 11.8 Å². The lowest BCUT2D eigenvalue weighted by molar-refractivity contribution is 0.370. The van der Waals surface area contributed by atoms with Crippen LogP contribution in [0.3, 0.4) is 0 Å². The molecule has 0 bridgehead atoms. The molecule has 1 atom stereocenters. The van der Waals surface area contributed by atoms with Gasteiger partial charge in [-0.05, 0) is 12.0 Å². The van der Waals surface area contributed by atoms with Crippen LogP contribution in [-0.4, -0.2) is 10.2 Å². The first kappa shape index (κ1) is 16.1. The molecule has 2 heterocycles. The molecule has 0 saturated heterocycles. The van der Waals surface area contributed by atoms with Crippen LogP contribution in [0, 0.1) is 11.3 Å². The standard InChI is InChI=1S/C19H22N4O/c1-2-3-4-8-11-14-15(12-20)18(21)24-19-16(14)17(22-23-19)13-9-6-5-7-10-13/h5-7,9-10,14H,2-4,8,11,21H2,1H3,(H,22,23)/t14-/m0/s1. The summed E-state index contributed by atoms with van der Waals surface area (Å²) in [5.41, 5.74) is 9.36. The maximum atomic E-state index is 9.56. The summed E-state index contributed by atoms with van der Waals surface area (Å²) in [6.07, 6.45) is 5.46. The van der Waals surface area contributed by atoms with Gasteiger partial charge in [-0.15, -0.1) is 5.10 Å². The summed E-state index contributed by atoms with van der Waals surface area (Å²) >= 11 is 0. The van der Waals surface area contributed by atoms with E-state index < -0.39 is 0 Å². The summed E-state index contributed by atoms with van der Waals surface area (Å²) in [6, 6.07) is 12.2. The van der Waals surface area contributed by atoms with Crippen molar-refractivity contribution in [3.63, 3.8) is 0 Å². The Bertz CT molecular complexity index is 770. The fraction of sp³-hybridized carbons (Fsp3) is 0.368. The number of fused-ring (bicyclic) bond motifs is 1. The van der Waals surface area contributed by atoms with Crippen LogP contribution in [0.5, 0.6) is 5.88 Å². The lowest BCUT2D eigenvalue weighted by atomic mass is 9.84. The first-order chi connectivity index (χ1) is 11.8. The lowest BCUT2D eigenvalue weighted by Crippen LogP contribution is -2.20. The van der Waals surface area contributed by atoms with Crippen molar-refractivity contribution in [3.8, 4) is 23.2 Å². The van der Waals surface area contributed by atoms with Crippen molar-refractivity contribution in [2.75, 3.05) is 0 Å². The van der Waals surface area contributed by atoms with Crippen LogP contribution in [0.4, 0.5) is 0 Å². The Balaban J connectivity index is 1.97. The largest absolute Gasteiger partial charge is 0.420 e. The minimum Gasteiger partial charge on any atom is -0.420 e. The summed E-state index contributed by atoms with van der Waals surface area (Å²) in [5, 5.41) is 16.9. The third-order valence-electron chi connectivity index (χ3n) is 4.47. The molecule has 0 fully saturated rings. The number of ether oxygens (including phenoxy) is 1. The highest BCUT2D eigenvalue weighted by atomic mass is 16.5. The predicted molar refractivity (Wildman–Crippen MR) is 93.0 cm³/mol. The van der Waals surface area contributed by atoms with E-state index in [2.05, 4.69) is 23.2 Å². The smallest absolute Gasteiger partial charge is 0.244 e. The third-order valence-corrected chi connectivity index (χ3v) is 4.47. The van der Waals surface area contributed by atoms with E-state index in [0.717, 1.165) is 36.1 Å². The summed E-state index contributed by atoms with van der Waals surface area (Å²) in [5.74, 6) is 0.604. The molecule has 0 saturated carbocycles. The number of aromatic amines is 1. The molecule has 0 radical (unpaired) electrons. The number of rotatable bonds is 6. The summed E-state index contributed by atoms with van der Waals surface area (Å²) in [7, 11) is 0. The van der Waals surface area contributed by atoms with Crippen LogP contribution >= 0.6 is 0 Å². The van der Waals surface area contributed by atoms with Gasteiger partial charge in [0.05, 0.1) is 16.8 Å². The minimum absolute atomic E-state index is 0.0652. The number of nitriles is 1. The van der Waals surface area contributed by atoms with Crippen LogP contribution in [-0.2, 0) is 0 Å². The Morgan fingerprint density at radius 2 is 2.04 bits per heavy atom. The molecule has 24 heavy (non-hydrogen) atoms. The molecule has 3 N–H and O–H groups in total. The Hall–Kier alpha value is -2.74. The van der Waals surface area contributed by atoms with Crippen LogP contribution in [0.25, 0.3) is 11.3 Å². The predicted octanol–water partition coefficient (Wildman–Crippen LogP) is 4.22. The molecule has 0 amide bonds. The van der Waals surface area contributed by atoms with E-state index in [4.69, 9.17) is 10.5 Å². The molecule has 0 unspecified atom stereocenters. The molecule has 0 aliphatic carbocycles. The van der Waals surface area contributed by atoms with Crippen molar-refractivity contribution in [3.05, 3.63) is 47.4 Å². The topological polar surface area (TPSA) is 87.7 Å². The molecule has 2 aromatic rings. The fourth-order valence-electron chi connectivity index (χ4n) is 3.23. The van der Waals surface area contributed by atoms with Crippen LogP contribution in [0.1, 0.15) is 50.5 Å². The van der Waals surface area contributed by atoms with E-state index in [1.807, 2.05) is 30.3 Å². The number of nitrogens with zero attached hydrogens (tertiary/aromatic N) is 2. The lowest BCUT2D eigenvalue weighted by Gasteiger charge is -2.23. The quantitative estimate of drug-likeness (QED) is 0.779. The number of hydrogen-bond donors (Lipinski definition) is 2. The monoisotopic (exact) mass is 322 g/mol. The number of benzene rings is 1. The normalized spacial score (nSPS) is 16.4. The van der Waals surface area contributed by atoms with Gasteiger partial charge in [0.1, 0.15) is 6.07 Å².